The van der Waals surface area contributed by atoms with Gasteiger partial charge < -0.3 is 5.73 Å². The van der Waals surface area contributed by atoms with Gasteiger partial charge in [0.15, 0.2) is 0 Å². The average molecular weight is 316 g/mol. The van der Waals surface area contributed by atoms with Crippen LogP contribution in [0.5, 0.6) is 0 Å². The van der Waals surface area contributed by atoms with Crippen LogP contribution in [-0.4, -0.2) is 5.54 Å². The molecule has 0 aromatic heterocycles. The minimum absolute atomic E-state index is 0.121. The van der Waals surface area contributed by atoms with Crippen LogP contribution in [0.4, 0.5) is 0 Å². The van der Waals surface area contributed by atoms with E-state index in [-0.39, 0.29) is 5.54 Å². The minimum Gasteiger partial charge on any atom is -0.325 e. The summed E-state index contributed by atoms with van der Waals surface area (Å²) in [4.78, 5) is 0. The molecule has 2 rings (SSSR count). The van der Waals surface area contributed by atoms with Crippen molar-refractivity contribution in [1.82, 2.24) is 0 Å². The number of hydrogen-bond donors (Lipinski definition) is 1. The molecule has 1 fully saturated rings. The zero-order valence-electron chi connectivity index (χ0n) is 15.1. The highest BCUT2D eigenvalue weighted by atomic mass is 14.7. The molecule has 0 bridgehead atoms. The van der Waals surface area contributed by atoms with Crippen LogP contribution in [0.3, 0.4) is 0 Å². The van der Waals surface area contributed by atoms with Crippen LogP contribution in [0.15, 0.2) is 30.3 Å². The van der Waals surface area contributed by atoms with E-state index in [1.165, 1.54) is 102 Å². The molecule has 2 N–H and O–H groups in total. The fourth-order valence-electron chi connectivity index (χ4n) is 4.02. The van der Waals surface area contributed by atoms with Crippen molar-refractivity contribution in [3.63, 3.8) is 0 Å². The van der Waals surface area contributed by atoms with Crippen LogP contribution in [0.25, 0.3) is 0 Å². The van der Waals surface area contributed by atoms with Crippen molar-refractivity contribution in [2.45, 2.75) is 102 Å². The van der Waals surface area contributed by atoms with Crippen LogP contribution < -0.4 is 5.73 Å². The molecule has 1 aromatic carbocycles. The molecule has 1 heteroatoms. The van der Waals surface area contributed by atoms with E-state index >= 15 is 0 Å². The Morgan fingerprint density at radius 2 is 1.22 bits per heavy atom. The summed E-state index contributed by atoms with van der Waals surface area (Å²) in [6.07, 6.45) is 20.1. The normalized spacial score (nSPS) is 20.4. The van der Waals surface area contributed by atoms with Gasteiger partial charge in [-0.15, -0.1) is 0 Å². The first-order valence-electron chi connectivity index (χ1n) is 10.1. The van der Waals surface area contributed by atoms with Gasteiger partial charge in [0.1, 0.15) is 0 Å². The molecule has 0 saturated heterocycles. The highest BCUT2D eigenvalue weighted by Gasteiger charge is 2.23. The van der Waals surface area contributed by atoms with Gasteiger partial charge in [-0.3, -0.25) is 0 Å². The van der Waals surface area contributed by atoms with E-state index < -0.39 is 0 Å². The zero-order chi connectivity index (χ0) is 16.2. The summed E-state index contributed by atoms with van der Waals surface area (Å²) in [5.74, 6) is 0. The van der Waals surface area contributed by atoms with Crippen LogP contribution in [0.2, 0.25) is 0 Å². The van der Waals surface area contributed by atoms with Gasteiger partial charge in [0.05, 0.1) is 0 Å². The second-order valence-corrected chi connectivity index (χ2v) is 7.74. The predicted octanol–water partition coefficient (Wildman–Crippen LogP) is 6.40. The monoisotopic (exact) mass is 315 g/mol. The molecule has 0 radical (unpaired) electrons. The molecule has 0 unspecified atom stereocenters. The second-order valence-electron chi connectivity index (χ2n) is 7.74. The third kappa shape index (κ3) is 8.01. The maximum absolute atomic E-state index is 6.82. The number of aryl methyl sites for hydroxylation is 1. The summed E-state index contributed by atoms with van der Waals surface area (Å²) >= 11 is 0. The van der Waals surface area contributed by atoms with E-state index in [4.69, 9.17) is 5.73 Å². The van der Waals surface area contributed by atoms with Gasteiger partial charge in [-0.05, 0) is 37.7 Å². The predicted molar refractivity (Wildman–Crippen MR) is 102 cm³/mol. The second kappa shape index (κ2) is 10.9. The summed E-state index contributed by atoms with van der Waals surface area (Å²) in [6.45, 7) is 0. The van der Waals surface area contributed by atoms with E-state index in [0.29, 0.717) is 0 Å². The van der Waals surface area contributed by atoms with E-state index in [9.17, 15) is 0 Å². The Morgan fingerprint density at radius 1 is 0.696 bits per heavy atom. The van der Waals surface area contributed by atoms with Crippen molar-refractivity contribution >= 4 is 0 Å². The third-order valence-electron chi connectivity index (χ3n) is 5.58. The molecule has 0 heterocycles. The molecule has 1 aliphatic carbocycles. The van der Waals surface area contributed by atoms with Gasteiger partial charge in [-0.25, -0.2) is 0 Å². The fraction of sp³-hybridized carbons (Fsp3) is 0.727. The van der Waals surface area contributed by atoms with Gasteiger partial charge >= 0.3 is 0 Å². The van der Waals surface area contributed by atoms with Gasteiger partial charge in [0.25, 0.3) is 0 Å². The fourth-order valence-corrected chi connectivity index (χ4v) is 4.02. The summed E-state index contributed by atoms with van der Waals surface area (Å²) in [5.41, 5.74) is 8.41. The number of benzene rings is 1. The number of rotatable bonds is 5. The van der Waals surface area contributed by atoms with Crippen LogP contribution in [-0.2, 0) is 6.42 Å². The maximum atomic E-state index is 6.82. The zero-order valence-corrected chi connectivity index (χ0v) is 15.1. The van der Waals surface area contributed by atoms with E-state index in [2.05, 4.69) is 30.3 Å². The lowest BCUT2D eigenvalue weighted by atomic mass is 9.82. The molecule has 1 aliphatic rings. The smallest absolute Gasteiger partial charge is 0.0154 e. The topological polar surface area (TPSA) is 26.0 Å². The molecule has 130 valence electrons. The van der Waals surface area contributed by atoms with Crippen LogP contribution in [0, 0.1) is 0 Å². The standard InChI is InChI=1S/C22H37N/c23-22(20-14-11-17-21-15-9-8-10-16-21)18-12-6-4-2-1-3-5-7-13-19-22/h8-10,15-16H,1-7,11-14,17-20,23H2. The van der Waals surface area contributed by atoms with Gasteiger partial charge in [-0.1, -0.05) is 94.5 Å². The molecule has 1 aromatic rings. The van der Waals surface area contributed by atoms with Crippen molar-refractivity contribution in [3.05, 3.63) is 35.9 Å². The minimum atomic E-state index is 0.121. The highest BCUT2D eigenvalue weighted by molar-refractivity contribution is 5.14. The Kier molecular flexibility index (Phi) is 8.74. The molecule has 1 nitrogen and oxygen atoms in total. The van der Waals surface area contributed by atoms with Crippen molar-refractivity contribution in [3.8, 4) is 0 Å². The molecule has 0 spiro atoms. The van der Waals surface area contributed by atoms with E-state index in [1.807, 2.05) is 0 Å². The molecule has 0 amide bonds. The summed E-state index contributed by atoms with van der Waals surface area (Å²) in [5, 5.41) is 0. The van der Waals surface area contributed by atoms with Gasteiger partial charge in [0, 0.05) is 5.54 Å². The van der Waals surface area contributed by atoms with Crippen molar-refractivity contribution < 1.29 is 0 Å². The Labute approximate surface area is 144 Å². The molecule has 1 saturated carbocycles. The lowest BCUT2D eigenvalue weighted by Gasteiger charge is -2.30. The first-order valence-corrected chi connectivity index (χ1v) is 10.1. The van der Waals surface area contributed by atoms with Crippen LogP contribution >= 0.6 is 0 Å². The van der Waals surface area contributed by atoms with Gasteiger partial charge in [0.2, 0.25) is 0 Å². The molecule has 0 aliphatic heterocycles. The van der Waals surface area contributed by atoms with E-state index in [0.717, 1.165) is 0 Å². The van der Waals surface area contributed by atoms with Crippen LogP contribution in [0.1, 0.15) is 95.5 Å². The Balaban J connectivity index is 1.71. The summed E-state index contributed by atoms with van der Waals surface area (Å²) in [6, 6.07) is 10.9. The average Bonchev–Trinajstić information content (AvgIpc) is 2.56. The number of hydrogen-bond acceptors (Lipinski definition) is 1. The summed E-state index contributed by atoms with van der Waals surface area (Å²) in [7, 11) is 0. The van der Waals surface area contributed by atoms with Crippen molar-refractivity contribution in [2.75, 3.05) is 0 Å². The molecule has 0 atom stereocenters. The molecule has 23 heavy (non-hydrogen) atoms. The maximum Gasteiger partial charge on any atom is 0.0154 e. The lowest BCUT2D eigenvalue weighted by molar-refractivity contribution is 0.301. The Bertz CT molecular complexity index is 386. The molecular weight excluding hydrogens is 278 g/mol. The Morgan fingerprint density at radius 3 is 1.78 bits per heavy atom. The Hall–Kier alpha value is -0.820. The molecular formula is C22H37N. The number of nitrogens with two attached hydrogens (primary N) is 1. The quantitative estimate of drug-likeness (QED) is 0.625. The van der Waals surface area contributed by atoms with Crippen molar-refractivity contribution in [1.29, 1.82) is 0 Å². The summed E-state index contributed by atoms with van der Waals surface area (Å²) < 4.78 is 0. The lowest BCUT2D eigenvalue weighted by Crippen LogP contribution is -2.39. The first kappa shape index (κ1) is 18.5. The van der Waals surface area contributed by atoms with Gasteiger partial charge in [-0.2, -0.15) is 0 Å². The van der Waals surface area contributed by atoms with E-state index in [1.54, 1.807) is 0 Å². The SMILES string of the molecule is NC1(CCCCc2ccccc2)CCCCCCCCCCC1. The van der Waals surface area contributed by atoms with Crippen molar-refractivity contribution in [2.24, 2.45) is 5.73 Å². The largest absolute Gasteiger partial charge is 0.325 e. The third-order valence-corrected chi connectivity index (χ3v) is 5.58. The first-order chi connectivity index (χ1) is 11.3. The highest BCUT2D eigenvalue weighted by Crippen LogP contribution is 2.27. The number of unbranched alkanes of at least 4 members (excludes halogenated alkanes) is 1.